The smallest absolute Gasteiger partial charge is 0.0335 e. The van der Waals surface area contributed by atoms with E-state index in [4.69, 9.17) is 0 Å². The largest absolute Gasteiger partial charge is 0.310 e. The summed E-state index contributed by atoms with van der Waals surface area (Å²) in [7, 11) is 4.26. The molecule has 0 saturated carbocycles. The van der Waals surface area contributed by atoms with Crippen molar-refractivity contribution in [3.05, 3.63) is 34.9 Å². The van der Waals surface area contributed by atoms with Gasteiger partial charge in [0.05, 0.1) is 0 Å². The number of nitrogens with zero attached hydrogens (tertiary/aromatic N) is 1. The monoisotopic (exact) mass is 234 g/mol. The van der Waals surface area contributed by atoms with Gasteiger partial charge in [-0.15, -0.1) is 0 Å². The Labute approximate surface area is 106 Å². The van der Waals surface area contributed by atoms with Crippen LogP contribution in [0.2, 0.25) is 0 Å². The predicted molar refractivity (Wildman–Crippen MR) is 75.5 cm³/mol. The molecule has 1 N–H and O–H groups in total. The highest BCUT2D eigenvalue weighted by Crippen LogP contribution is 2.23. The maximum atomic E-state index is 3.60. The van der Waals surface area contributed by atoms with E-state index >= 15 is 0 Å². The van der Waals surface area contributed by atoms with E-state index in [9.17, 15) is 0 Å². The predicted octanol–water partition coefficient (Wildman–Crippen LogP) is 2.91. The molecule has 1 atom stereocenters. The molecule has 1 aromatic rings. The van der Waals surface area contributed by atoms with Gasteiger partial charge in [-0.25, -0.2) is 0 Å². The van der Waals surface area contributed by atoms with E-state index in [1.807, 2.05) is 0 Å². The van der Waals surface area contributed by atoms with Crippen molar-refractivity contribution < 1.29 is 0 Å². The molecule has 2 heteroatoms. The summed E-state index contributed by atoms with van der Waals surface area (Å²) in [6.07, 6.45) is 1.16. The summed E-state index contributed by atoms with van der Waals surface area (Å²) in [5.41, 5.74) is 4.26. The lowest BCUT2D eigenvalue weighted by atomic mass is 9.95. The molecule has 0 bridgehead atoms. The van der Waals surface area contributed by atoms with Gasteiger partial charge in [-0.05, 0) is 64.1 Å². The van der Waals surface area contributed by atoms with Gasteiger partial charge in [-0.2, -0.15) is 0 Å². The normalized spacial score (nSPS) is 13.1. The summed E-state index contributed by atoms with van der Waals surface area (Å²) < 4.78 is 0. The third-order valence-electron chi connectivity index (χ3n) is 3.34. The van der Waals surface area contributed by atoms with Crippen molar-refractivity contribution in [3.63, 3.8) is 0 Å². The Bertz CT molecular complexity index is 345. The molecule has 0 aliphatic rings. The molecule has 96 valence electrons. The lowest BCUT2D eigenvalue weighted by molar-refractivity contribution is 0.363. The third kappa shape index (κ3) is 4.14. The second kappa shape index (κ2) is 6.77. The van der Waals surface area contributed by atoms with Crippen molar-refractivity contribution in [1.29, 1.82) is 0 Å². The standard InChI is InChI=1S/C15H26N2/c1-6-16-15(10-11-17(4)5)14-9-7-8-12(2)13(14)3/h7-9,15-16H,6,10-11H2,1-5H3. The van der Waals surface area contributed by atoms with Crippen LogP contribution in [0, 0.1) is 13.8 Å². The first-order chi connectivity index (χ1) is 8.06. The summed E-state index contributed by atoms with van der Waals surface area (Å²) in [5, 5.41) is 3.60. The number of hydrogen-bond donors (Lipinski definition) is 1. The highest BCUT2D eigenvalue weighted by atomic mass is 15.1. The maximum Gasteiger partial charge on any atom is 0.0335 e. The average molecular weight is 234 g/mol. The molecule has 0 aliphatic carbocycles. The molecule has 0 spiro atoms. The van der Waals surface area contributed by atoms with E-state index < -0.39 is 0 Å². The van der Waals surface area contributed by atoms with Crippen LogP contribution in [0.1, 0.15) is 36.1 Å². The number of benzene rings is 1. The fraction of sp³-hybridized carbons (Fsp3) is 0.600. The summed E-state index contributed by atoms with van der Waals surface area (Å²) in [6, 6.07) is 7.08. The van der Waals surface area contributed by atoms with Crippen molar-refractivity contribution in [2.45, 2.75) is 33.2 Å². The molecule has 0 radical (unpaired) electrons. The molecule has 1 aromatic carbocycles. The van der Waals surface area contributed by atoms with Gasteiger partial charge in [0.1, 0.15) is 0 Å². The van der Waals surface area contributed by atoms with Gasteiger partial charge in [0, 0.05) is 6.04 Å². The van der Waals surface area contributed by atoms with Crippen LogP contribution in [0.4, 0.5) is 0 Å². The molecule has 0 saturated heterocycles. The molecule has 0 heterocycles. The zero-order valence-electron chi connectivity index (χ0n) is 11.9. The Morgan fingerprint density at radius 3 is 2.53 bits per heavy atom. The molecule has 1 rings (SSSR count). The summed E-state index contributed by atoms with van der Waals surface area (Å²) in [6.45, 7) is 8.72. The average Bonchev–Trinajstić information content (AvgIpc) is 2.28. The van der Waals surface area contributed by atoms with Crippen LogP contribution >= 0.6 is 0 Å². The van der Waals surface area contributed by atoms with E-state index in [-0.39, 0.29) is 0 Å². The molecule has 0 fully saturated rings. The SMILES string of the molecule is CCNC(CCN(C)C)c1cccc(C)c1C. The van der Waals surface area contributed by atoms with E-state index in [2.05, 4.69) is 63.3 Å². The van der Waals surface area contributed by atoms with E-state index in [0.29, 0.717) is 6.04 Å². The van der Waals surface area contributed by atoms with Gasteiger partial charge in [0.15, 0.2) is 0 Å². The Balaban J connectivity index is 2.85. The van der Waals surface area contributed by atoms with E-state index in [1.165, 1.54) is 16.7 Å². The number of rotatable bonds is 6. The molecule has 0 aliphatic heterocycles. The molecule has 17 heavy (non-hydrogen) atoms. The molecular weight excluding hydrogens is 208 g/mol. The van der Waals surface area contributed by atoms with Gasteiger partial charge in [-0.3, -0.25) is 0 Å². The molecule has 0 aromatic heterocycles. The quantitative estimate of drug-likeness (QED) is 0.814. The highest BCUT2D eigenvalue weighted by molar-refractivity contribution is 5.35. The summed E-state index contributed by atoms with van der Waals surface area (Å²) in [4.78, 5) is 2.25. The first-order valence-electron chi connectivity index (χ1n) is 6.50. The van der Waals surface area contributed by atoms with Crippen LogP contribution in [-0.2, 0) is 0 Å². The zero-order valence-corrected chi connectivity index (χ0v) is 11.9. The van der Waals surface area contributed by atoms with Crippen LogP contribution < -0.4 is 5.32 Å². The van der Waals surface area contributed by atoms with Crippen LogP contribution in [-0.4, -0.2) is 32.1 Å². The summed E-state index contributed by atoms with van der Waals surface area (Å²) >= 11 is 0. The highest BCUT2D eigenvalue weighted by Gasteiger charge is 2.13. The maximum absolute atomic E-state index is 3.60. The second-order valence-electron chi connectivity index (χ2n) is 4.99. The fourth-order valence-corrected chi connectivity index (χ4v) is 2.15. The third-order valence-corrected chi connectivity index (χ3v) is 3.34. The van der Waals surface area contributed by atoms with Crippen LogP contribution in [0.25, 0.3) is 0 Å². The Morgan fingerprint density at radius 2 is 1.94 bits per heavy atom. The van der Waals surface area contributed by atoms with Gasteiger partial charge in [0.2, 0.25) is 0 Å². The van der Waals surface area contributed by atoms with E-state index in [1.54, 1.807) is 0 Å². The number of nitrogens with one attached hydrogen (secondary N) is 1. The molecular formula is C15H26N2. The first kappa shape index (κ1) is 14.2. The van der Waals surface area contributed by atoms with Crippen LogP contribution in [0.3, 0.4) is 0 Å². The Morgan fingerprint density at radius 1 is 1.24 bits per heavy atom. The first-order valence-corrected chi connectivity index (χ1v) is 6.50. The van der Waals surface area contributed by atoms with Gasteiger partial charge in [-0.1, -0.05) is 25.1 Å². The van der Waals surface area contributed by atoms with Crippen LogP contribution in [0.5, 0.6) is 0 Å². The molecule has 1 unspecified atom stereocenters. The van der Waals surface area contributed by atoms with Gasteiger partial charge >= 0.3 is 0 Å². The Hall–Kier alpha value is -0.860. The van der Waals surface area contributed by atoms with Gasteiger partial charge in [0.25, 0.3) is 0 Å². The van der Waals surface area contributed by atoms with Crippen LogP contribution in [0.15, 0.2) is 18.2 Å². The number of aryl methyl sites for hydroxylation is 1. The van der Waals surface area contributed by atoms with Gasteiger partial charge < -0.3 is 10.2 Å². The van der Waals surface area contributed by atoms with E-state index in [0.717, 1.165) is 19.5 Å². The van der Waals surface area contributed by atoms with Crippen molar-refractivity contribution >= 4 is 0 Å². The Kier molecular flexibility index (Phi) is 5.66. The molecule has 2 nitrogen and oxygen atoms in total. The second-order valence-corrected chi connectivity index (χ2v) is 4.99. The minimum atomic E-state index is 0.474. The zero-order chi connectivity index (χ0) is 12.8. The summed E-state index contributed by atoms with van der Waals surface area (Å²) in [5.74, 6) is 0. The van der Waals surface area contributed by atoms with Crippen molar-refractivity contribution in [2.75, 3.05) is 27.2 Å². The number of hydrogen-bond acceptors (Lipinski definition) is 2. The van der Waals surface area contributed by atoms with Crippen molar-refractivity contribution in [2.24, 2.45) is 0 Å². The lowest BCUT2D eigenvalue weighted by Crippen LogP contribution is -2.26. The lowest BCUT2D eigenvalue weighted by Gasteiger charge is -2.23. The minimum Gasteiger partial charge on any atom is -0.310 e. The van der Waals surface area contributed by atoms with Crippen molar-refractivity contribution in [3.8, 4) is 0 Å². The fourth-order valence-electron chi connectivity index (χ4n) is 2.15. The van der Waals surface area contributed by atoms with Crippen molar-refractivity contribution in [1.82, 2.24) is 10.2 Å². The molecule has 0 amide bonds. The topological polar surface area (TPSA) is 15.3 Å². The minimum absolute atomic E-state index is 0.474.